The normalized spacial score (nSPS) is 15.5. The summed E-state index contributed by atoms with van der Waals surface area (Å²) in [4.78, 5) is 14.3. The van der Waals surface area contributed by atoms with Gasteiger partial charge in [-0.25, -0.2) is 4.79 Å². The van der Waals surface area contributed by atoms with Crippen molar-refractivity contribution in [1.82, 2.24) is 4.90 Å². The van der Waals surface area contributed by atoms with Crippen LogP contribution < -0.4 is 9.47 Å². The van der Waals surface area contributed by atoms with Gasteiger partial charge < -0.3 is 28.6 Å². The molecule has 1 heterocycles. The lowest BCUT2D eigenvalue weighted by atomic mass is 9.88. The van der Waals surface area contributed by atoms with E-state index in [4.69, 9.17) is 23.7 Å². The van der Waals surface area contributed by atoms with Crippen molar-refractivity contribution in [2.24, 2.45) is 0 Å². The van der Waals surface area contributed by atoms with Crippen LogP contribution in [0.25, 0.3) is 0 Å². The van der Waals surface area contributed by atoms with Gasteiger partial charge in [-0.2, -0.15) is 0 Å². The lowest BCUT2D eigenvalue weighted by molar-refractivity contribution is 0.00468. The van der Waals surface area contributed by atoms with E-state index in [9.17, 15) is 4.79 Å². The van der Waals surface area contributed by atoms with E-state index in [1.807, 2.05) is 32.9 Å². The number of ether oxygens (including phenoxy) is 5. The summed E-state index contributed by atoms with van der Waals surface area (Å²) in [5.74, 6) is 1.65. The number of piperidine rings is 1. The average molecular weight is 554 g/mol. The Morgan fingerprint density at radius 1 is 0.892 bits per heavy atom. The molecule has 0 unspecified atom stereocenters. The Kier molecular flexibility index (Phi) is 12.0. The maximum Gasteiger partial charge on any atom is 0.410 e. The Balaban J connectivity index is 2.05. The molecular formula is C28H51NO6Si2. The smallest absolute Gasteiger partial charge is 0.410 e. The molecule has 1 fully saturated rings. The molecule has 1 aliphatic heterocycles. The van der Waals surface area contributed by atoms with Gasteiger partial charge in [0.1, 0.15) is 5.60 Å². The highest BCUT2D eigenvalue weighted by atomic mass is 28.3. The lowest BCUT2D eigenvalue weighted by Gasteiger charge is -2.34. The fraction of sp³-hybridized carbons (Fsp3) is 0.750. The van der Waals surface area contributed by atoms with E-state index in [-0.39, 0.29) is 25.6 Å². The summed E-state index contributed by atoms with van der Waals surface area (Å²) in [7, 11) is -2.32. The summed E-state index contributed by atoms with van der Waals surface area (Å²) in [6.45, 7) is 22.8. The second-order valence-corrected chi connectivity index (χ2v) is 24.6. The lowest BCUT2D eigenvalue weighted by Crippen LogP contribution is -2.41. The third-order valence-electron chi connectivity index (χ3n) is 6.17. The summed E-state index contributed by atoms with van der Waals surface area (Å²) in [5.41, 5.74) is 0.602. The predicted molar refractivity (Wildman–Crippen MR) is 155 cm³/mol. The van der Waals surface area contributed by atoms with Gasteiger partial charge >= 0.3 is 6.09 Å². The fourth-order valence-electron chi connectivity index (χ4n) is 3.90. The van der Waals surface area contributed by atoms with Gasteiger partial charge in [0.05, 0.1) is 0 Å². The fourth-order valence-corrected chi connectivity index (χ4v) is 5.42. The zero-order chi connectivity index (χ0) is 27.7. The van der Waals surface area contributed by atoms with E-state index in [1.54, 1.807) is 4.90 Å². The van der Waals surface area contributed by atoms with Gasteiger partial charge in [-0.1, -0.05) is 51.4 Å². The summed E-state index contributed by atoms with van der Waals surface area (Å²) >= 11 is 0. The topological polar surface area (TPSA) is 66.5 Å². The molecule has 2 rings (SSSR count). The molecular weight excluding hydrogens is 502 g/mol. The number of benzene rings is 1. The number of carbonyl (C=O) groups excluding carboxylic acids is 1. The molecule has 0 bridgehead atoms. The first-order chi connectivity index (χ1) is 17.1. The van der Waals surface area contributed by atoms with Crippen LogP contribution in [-0.2, 0) is 14.2 Å². The quantitative estimate of drug-likeness (QED) is 0.146. The Labute approximate surface area is 227 Å². The molecule has 1 aromatic rings. The zero-order valence-electron chi connectivity index (χ0n) is 24.8. The van der Waals surface area contributed by atoms with Crippen molar-refractivity contribution in [2.75, 3.05) is 39.9 Å². The first-order valence-corrected chi connectivity index (χ1v) is 21.1. The van der Waals surface area contributed by atoms with E-state index in [2.05, 4.69) is 45.3 Å². The van der Waals surface area contributed by atoms with Crippen LogP contribution in [0.5, 0.6) is 11.5 Å². The highest BCUT2D eigenvalue weighted by Crippen LogP contribution is 2.40. The molecule has 0 spiro atoms. The molecule has 1 aromatic carbocycles. The molecule has 212 valence electrons. The van der Waals surface area contributed by atoms with Gasteiger partial charge in [0.15, 0.2) is 25.1 Å². The maximum atomic E-state index is 12.5. The molecule has 1 saturated heterocycles. The minimum absolute atomic E-state index is 0.186. The maximum absolute atomic E-state index is 12.5. The number of carbonyl (C=O) groups is 1. The van der Waals surface area contributed by atoms with Gasteiger partial charge in [0.2, 0.25) is 0 Å². The predicted octanol–water partition coefficient (Wildman–Crippen LogP) is 7.18. The van der Waals surface area contributed by atoms with E-state index >= 15 is 0 Å². The van der Waals surface area contributed by atoms with E-state index in [1.165, 1.54) is 0 Å². The van der Waals surface area contributed by atoms with Gasteiger partial charge in [-0.05, 0) is 57.7 Å². The largest absolute Gasteiger partial charge is 0.464 e. The highest BCUT2D eigenvalue weighted by Gasteiger charge is 2.29. The standard InChI is InChI=1S/C28H51NO6Si2/c1-28(2,3)35-27(30)29-15-13-23(14-16-29)24-11-10-12-25(33-21-31-17-19-36(4,5)6)26(24)34-22-32-18-20-37(7,8)9/h10-12,23H,13-22H2,1-9H3. The Bertz CT molecular complexity index is 837. The first kappa shape index (κ1) is 31.7. The van der Waals surface area contributed by atoms with Crippen LogP contribution in [0.1, 0.15) is 45.1 Å². The van der Waals surface area contributed by atoms with Crippen molar-refractivity contribution in [1.29, 1.82) is 0 Å². The van der Waals surface area contributed by atoms with Gasteiger partial charge in [0.25, 0.3) is 0 Å². The molecule has 9 heteroatoms. The number of para-hydroxylation sites is 1. The van der Waals surface area contributed by atoms with Crippen molar-refractivity contribution in [3.8, 4) is 11.5 Å². The van der Waals surface area contributed by atoms with Crippen LogP contribution in [0.2, 0.25) is 51.4 Å². The minimum Gasteiger partial charge on any atom is -0.464 e. The number of hydrogen-bond acceptors (Lipinski definition) is 6. The molecule has 1 amide bonds. The van der Waals surface area contributed by atoms with E-state index in [0.717, 1.165) is 36.2 Å². The molecule has 0 saturated carbocycles. The molecule has 0 N–H and O–H groups in total. The van der Waals surface area contributed by atoms with Crippen molar-refractivity contribution in [2.45, 2.75) is 96.5 Å². The van der Waals surface area contributed by atoms with Gasteiger partial charge in [-0.3, -0.25) is 0 Å². The Hall–Kier alpha value is -1.56. The number of amides is 1. The number of nitrogens with zero attached hydrogens (tertiary/aromatic N) is 1. The van der Waals surface area contributed by atoms with Crippen LogP contribution in [0.15, 0.2) is 18.2 Å². The summed E-state index contributed by atoms with van der Waals surface area (Å²) in [5, 5.41) is 0. The minimum atomic E-state index is -1.17. The third kappa shape index (κ3) is 12.7. The van der Waals surface area contributed by atoms with Crippen molar-refractivity contribution in [3.63, 3.8) is 0 Å². The number of hydrogen-bond donors (Lipinski definition) is 0. The monoisotopic (exact) mass is 553 g/mol. The van der Waals surface area contributed by atoms with E-state index < -0.39 is 21.7 Å². The Morgan fingerprint density at radius 3 is 1.95 bits per heavy atom. The van der Waals surface area contributed by atoms with E-state index in [0.29, 0.717) is 32.1 Å². The van der Waals surface area contributed by atoms with Crippen LogP contribution in [0.3, 0.4) is 0 Å². The summed E-state index contributed by atoms with van der Waals surface area (Å²) in [6, 6.07) is 8.23. The molecule has 37 heavy (non-hydrogen) atoms. The zero-order valence-corrected chi connectivity index (χ0v) is 26.8. The van der Waals surface area contributed by atoms with Crippen LogP contribution in [-0.4, -0.2) is 72.6 Å². The van der Waals surface area contributed by atoms with Crippen molar-refractivity contribution >= 4 is 22.2 Å². The van der Waals surface area contributed by atoms with Crippen LogP contribution >= 0.6 is 0 Å². The molecule has 0 radical (unpaired) electrons. The number of rotatable bonds is 13. The second kappa shape index (κ2) is 14.0. The van der Waals surface area contributed by atoms with Gasteiger partial charge in [-0.15, -0.1) is 0 Å². The Morgan fingerprint density at radius 2 is 1.43 bits per heavy atom. The second-order valence-electron chi connectivity index (χ2n) is 13.4. The summed E-state index contributed by atoms with van der Waals surface area (Å²) in [6.07, 6.45) is 1.43. The van der Waals surface area contributed by atoms with Gasteiger partial charge in [0, 0.05) is 48.0 Å². The number of likely N-dealkylation sites (tertiary alicyclic amines) is 1. The van der Waals surface area contributed by atoms with Crippen molar-refractivity contribution < 1.29 is 28.5 Å². The molecule has 0 aliphatic carbocycles. The van der Waals surface area contributed by atoms with Crippen LogP contribution in [0, 0.1) is 0 Å². The third-order valence-corrected chi connectivity index (χ3v) is 9.58. The molecule has 7 nitrogen and oxygen atoms in total. The first-order valence-electron chi connectivity index (χ1n) is 13.7. The average Bonchev–Trinajstić information content (AvgIpc) is 2.76. The van der Waals surface area contributed by atoms with Crippen LogP contribution in [0.4, 0.5) is 4.79 Å². The highest BCUT2D eigenvalue weighted by molar-refractivity contribution is 6.76. The molecule has 0 atom stereocenters. The summed E-state index contributed by atoms with van der Waals surface area (Å²) < 4.78 is 29.4. The SMILES string of the molecule is CC(C)(C)OC(=O)N1CCC(c2cccc(OCOCC[Si](C)(C)C)c2OCOCC[Si](C)(C)C)CC1. The van der Waals surface area contributed by atoms with Crippen molar-refractivity contribution in [3.05, 3.63) is 23.8 Å². The molecule has 0 aromatic heterocycles. The molecule has 1 aliphatic rings.